The highest BCUT2D eigenvalue weighted by Crippen LogP contribution is 2.26. The average molecular weight is 283 g/mol. The van der Waals surface area contributed by atoms with Gasteiger partial charge >= 0.3 is 0 Å². The van der Waals surface area contributed by atoms with E-state index in [1.807, 2.05) is 13.2 Å². The highest BCUT2D eigenvalue weighted by Gasteiger charge is 2.17. The summed E-state index contributed by atoms with van der Waals surface area (Å²) in [5, 5.41) is 16.8. The van der Waals surface area contributed by atoms with Crippen molar-refractivity contribution in [2.24, 2.45) is 0 Å². The zero-order valence-electron chi connectivity index (χ0n) is 11.1. The number of anilines is 1. The van der Waals surface area contributed by atoms with Crippen LogP contribution in [0, 0.1) is 10.1 Å². The van der Waals surface area contributed by atoms with Crippen LogP contribution in [0.5, 0.6) is 0 Å². The maximum atomic E-state index is 11.5. The van der Waals surface area contributed by atoms with Gasteiger partial charge in [-0.1, -0.05) is 6.92 Å². The van der Waals surface area contributed by atoms with Crippen molar-refractivity contribution in [2.45, 2.75) is 12.2 Å². The number of carbonyl (C=O) groups excluding carboxylic acids is 1. The van der Waals surface area contributed by atoms with E-state index in [-0.39, 0.29) is 17.2 Å². The van der Waals surface area contributed by atoms with Crippen molar-refractivity contribution in [3.63, 3.8) is 0 Å². The van der Waals surface area contributed by atoms with Crippen LogP contribution in [0.15, 0.2) is 18.2 Å². The molecule has 1 aromatic carbocycles. The molecule has 0 heterocycles. The van der Waals surface area contributed by atoms with Crippen LogP contribution in [-0.2, 0) is 0 Å². The zero-order valence-corrected chi connectivity index (χ0v) is 11.9. The molecule has 1 aromatic rings. The fourth-order valence-electron chi connectivity index (χ4n) is 1.45. The quantitative estimate of drug-likeness (QED) is 0.617. The van der Waals surface area contributed by atoms with Crippen molar-refractivity contribution in [1.29, 1.82) is 0 Å². The molecular formula is C12H17N3O3S. The summed E-state index contributed by atoms with van der Waals surface area (Å²) in [4.78, 5) is 22.0. The SMILES string of the molecule is CNC(=O)c1ccc(NCC(C)SC)c([N+](=O)[O-])c1. The Morgan fingerprint density at radius 1 is 1.53 bits per heavy atom. The Hall–Kier alpha value is -1.76. The van der Waals surface area contributed by atoms with Gasteiger partial charge in [0.15, 0.2) is 0 Å². The predicted molar refractivity (Wildman–Crippen MR) is 78.0 cm³/mol. The van der Waals surface area contributed by atoms with Crippen molar-refractivity contribution in [1.82, 2.24) is 5.32 Å². The lowest BCUT2D eigenvalue weighted by Crippen LogP contribution is -2.18. The van der Waals surface area contributed by atoms with Gasteiger partial charge in [0.1, 0.15) is 5.69 Å². The lowest BCUT2D eigenvalue weighted by molar-refractivity contribution is -0.384. The third kappa shape index (κ3) is 4.13. The Balaban J connectivity index is 2.98. The molecule has 1 unspecified atom stereocenters. The molecule has 0 saturated carbocycles. The Morgan fingerprint density at radius 2 is 2.21 bits per heavy atom. The minimum Gasteiger partial charge on any atom is -0.378 e. The minimum absolute atomic E-state index is 0.0885. The fraction of sp³-hybridized carbons (Fsp3) is 0.417. The number of nitrogens with zero attached hydrogens (tertiary/aromatic N) is 1. The first-order valence-electron chi connectivity index (χ1n) is 5.76. The number of benzene rings is 1. The molecule has 0 fully saturated rings. The monoisotopic (exact) mass is 283 g/mol. The summed E-state index contributed by atoms with van der Waals surface area (Å²) in [5.74, 6) is -0.341. The largest absolute Gasteiger partial charge is 0.378 e. The summed E-state index contributed by atoms with van der Waals surface area (Å²) >= 11 is 1.67. The van der Waals surface area contributed by atoms with Gasteiger partial charge in [-0.2, -0.15) is 11.8 Å². The van der Waals surface area contributed by atoms with Crippen LogP contribution in [-0.4, -0.2) is 35.9 Å². The van der Waals surface area contributed by atoms with E-state index in [9.17, 15) is 14.9 Å². The number of nitro groups is 1. The van der Waals surface area contributed by atoms with Crippen molar-refractivity contribution < 1.29 is 9.72 Å². The average Bonchev–Trinajstić information content (AvgIpc) is 2.43. The van der Waals surface area contributed by atoms with Gasteiger partial charge in [-0.05, 0) is 18.4 Å². The fourth-order valence-corrected chi connectivity index (χ4v) is 1.70. The van der Waals surface area contributed by atoms with E-state index in [4.69, 9.17) is 0 Å². The van der Waals surface area contributed by atoms with Crippen LogP contribution in [0.4, 0.5) is 11.4 Å². The van der Waals surface area contributed by atoms with Crippen LogP contribution in [0.1, 0.15) is 17.3 Å². The van der Waals surface area contributed by atoms with E-state index in [0.717, 1.165) is 0 Å². The van der Waals surface area contributed by atoms with Gasteiger partial charge < -0.3 is 10.6 Å². The van der Waals surface area contributed by atoms with Crippen LogP contribution in [0.2, 0.25) is 0 Å². The van der Waals surface area contributed by atoms with E-state index in [0.29, 0.717) is 17.5 Å². The first-order valence-corrected chi connectivity index (χ1v) is 7.05. The lowest BCUT2D eigenvalue weighted by atomic mass is 10.1. The second-order valence-corrected chi connectivity index (χ2v) is 5.27. The molecule has 0 aliphatic heterocycles. The number of nitrogens with one attached hydrogen (secondary N) is 2. The number of thioether (sulfide) groups is 1. The smallest absolute Gasteiger partial charge is 0.293 e. The molecule has 0 bridgehead atoms. The summed E-state index contributed by atoms with van der Waals surface area (Å²) in [6, 6.07) is 4.42. The molecule has 0 aliphatic carbocycles. The molecule has 0 radical (unpaired) electrons. The topological polar surface area (TPSA) is 84.3 Å². The van der Waals surface area contributed by atoms with E-state index in [2.05, 4.69) is 10.6 Å². The molecular weight excluding hydrogens is 266 g/mol. The van der Waals surface area contributed by atoms with Crippen molar-refractivity contribution in [3.05, 3.63) is 33.9 Å². The molecule has 0 aliphatic rings. The standard InChI is InChI=1S/C12H17N3O3S/c1-8(19-3)7-14-10-5-4-9(12(16)13-2)6-11(10)15(17)18/h4-6,8,14H,7H2,1-3H3,(H,13,16). The number of hydrogen-bond donors (Lipinski definition) is 2. The molecule has 0 saturated heterocycles. The first kappa shape index (κ1) is 15.3. The number of amides is 1. The maximum Gasteiger partial charge on any atom is 0.293 e. The minimum atomic E-state index is -0.488. The second kappa shape index (κ2) is 6.98. The maximum absolute atomic E-state index is 11.5. The van der Waals surface area contributed by atoms with Gasteiger partial charge in [0.25, 0.3) is 11.6 Å². The summed E-state index contributed by atoms with van der Waals surface area (Å²) in [7, 11) is 1.49. The number of nitro benzene ring substituents is 1. The third-order valence-electron chi connectivity index (χ3n) is 2.67. The lowest BCUT2D eigenvalue weighted by Gasteiger charge is -2.11. The van der Waals surface area contributed by atoms with Gasteiger partial charge in [-0.25, -0.2) is 0 Å². The van der Waals surface area contributed by atoms with Gasteiger partial charge in [0, 0.05) is 30.5 Å². The van der Waals surface area contributed by atoms with Gasteiger partial charge in [0.05, 0.1) is 4.92 Å². The molecule has 0 aromatic heterocycles. The molecule has 0 spiro atoms. The van der Waals surface area contributed by atoms with E-state index < -0.39 is 4.92 Å². The van der Waals surface area contributed by atoms with Crippen molar-refractivity contribution >= 4 is 29.0 Å². The third-order valence-corrected chi connectivity index (χ3v) is 3.64. The van der Waals surface area contributed by atoms with E-state index >= 15 is 0 Å². The molecule has 2 N–H and O–H groups in total. The van der Waals surface area contributed by atoms with Gasteiger partial charge in [-0.3, -0.25) is 14.9 Å². The Bertz CT molecular complexity index is 479. The normalized spacial score (nSPS) is 11.7. The Morgan fingerprint density at radius 3 is 2.74 bits per heavy atom. The predicted octanol–water partition coefficient (Wildman–Crippen LogP) is 2.12. The molecule has 1 rings (SSSR count). The molecule has 1 amide bonds. The summed E-state index contributed by atoms with van der Waals surface area (Å²) in [5.41, 5.74) is 0.616. The van der Waals surface area contributed by atoms with Gasteiger partial charge in [-0.15, -0.1) is 0 Å². The summed E-state index contributed by atoms with van der Waals surface area (Å²) < 4.78 is 0. The molecule has 6 nitrogen and oxygen atoms in total. The summed E-state index contributed by atoms with van der Waals surface area (Å²) in [6.45, 7) is 2.66. The van der Waals surface area contributed by atoms with Gasteiger partial charge in [0.2, 0.25) is 0 Å². The van der Waals surface area contributed by atoms with E-state index in [1.165, 1.54) is 13.1 Å². The van der Waals surface area contributed by atoms with E-state index in [1.54, 1.807) is 23.9 Å². The first-order chi connectivity index (χ1) is 8.99. The second-order valence-electron chi connectivity index (χ2n) is 4.00. The molecule has 104 valence electrons. The van der Waals surface area contributed by atoms with Crippen LogP contribution >= 0.6 is 11.8 Å². The highest BCUT2D eigenvalue weighted by molar-refractivity contribution is 7.99. The Kier molecular flexibility index (Phi) is 5.62. The van der Waals surface area contributed by atoms with Crippen molar-refractivity contribution in [2.75, 3.05) is 25.2 Å². The zero-order chi connectivity index (χ0) is 14.4. The summed E-state index contributed by atoms with van der Waals surface area (Å²) in [6.07, 6.45) is 1.98. The highest BCUT2D eigenvalue weighted by atomic mass is 32.2. The Labute approximate surface area is 116 Å². The number of carbonyl (C=O) groups is 1. The van der Waals surface area contributed by atoms with Crippen LogP contribution < -0.4 is 10.6 Å². The van der Waals surface area contributed by atoms with Crippen molar-refractivity contribution in [3.8, 4) is 0 Å². The number of rotatable bonds is 6. The van der Waals surface area contributed by atoms with Crippen LogP contribution in [0.25, 0.3) is 0 Å². The molecule has 7 heteroatoms. The molecule has 1 atom stereocenters. The van der Waals surface area contributed by atoms with Crippen LogP contribution in [0.3, 0.4) is 0 Å². The number of hydrogen-bond acceptors (Lipinski definition) is 5. The molecule has 19 heavy (non-hydrogen) atoms.